The third-order valence-electron chi connectivity index (χ3n) is 9.16. The molecule has 0 spiro atoms. The average Bonchev–Trinajstić information content (AvgIpc) is 3.05. The van der Waals surface area contributed by atoms with Crippen LogP contribution in [0.4, 0.5) is 13.2 Å². The van der Waals surface area contributed by atoms with Gasteiger partial charge in [-0.2, -0.15) is 25.9 Å². The molecule has 1 aliphatic rings. The Balaban J connectivity index is 1.81. The number of sulfonamides is 1. The van der Waals surface area contributed by atoms with E-state index in [1.54, 1.807) is 32.1 Å². The maximum absolute atomic E-state index is 14.5. The van der Waals surface area contributed by atoms with E-state index in [1.165, 1.54) is 18.2 Å². The van der Waals surface area contributed by atoms with Gasteiger partial charge in [-0.25, -0.2) is 8.42 Å². The SMILES string of the molecule is C=CC[C@@H]1[C@@H](CC)C=C(OS(=O)(=O)C(F)(F)F)[C@H](CCCO[Si](c2ccccc2)(c2ccccc2)C(C)(C)C)N1S(=O)(=O)c1ccc(C)cc1. The maximum Gasteiger partial charge on any atom is 0.534 e. The first-order valence-corrected chi connectivity index (χ1v) is 21.3. The molecular weight excluding hydrogens is 704 g/mol. The van der Waals surface area contributed by atoms with Crippen molar-refractivity contribution >= 4 is 38.8 Å². The fourth-order valence-corrected chi connectivity index (χ4v) is 13.8. The molecule has 0 bridgehead atoms. The largest absolute Gasteiger partial charge is 0.534 e. The molecule has 13 heteroatoms. The quantitative estimate of drug-likeness (QED) is 0.0560. The van der Waals surface area contributed by atoms with Crippen LogP contribution in [0, 0.1) is 12.8 Å². The van der Waals surface area contributed by atoms with Crippen LogP contribution >= 0.6 is 0 Å². The molecule has 0 radical (unpaired) electrons. The minimum absolute atomic E-state index is 0.0690. The minimum Gasteiger partial charge on any atom is -0.407 e. The summed E-state index contributed by atoms with van der Waals surface area (Å²) >= 11 is 0. The summed E-state index contributed by atoms with van der Waals surface area (Å²) in [5, 5.41) is 1.69. The first-order chi connectivity index (χ1) is 23.4. The third-order valence-corrected chi connectivity index (χ3v) is 17.1. The lowest BCUT2D eigenvalue weighted by Crippen LogP contribution is -2.66. The Morgan fingerprint density at radius 3 is 1.88 bits per heavy atom. The van der Waals surface area contributed by atoms with E-state index in [4.69, 9.17) is 8.61 Å². The highest BCUT2D eigenvalue weighted by molar-refractivity contribution is 7.89. The molecule has 50 heavy (non-hydrogen) atoms. The van der Waals surface area contributed by atoms with Gasteiger partial charge in [0.15, 0.2) is 0 Å². The second kappa shape index (κ2) is 15.6. The van der Waals surface area contributed by atoms with E-state index in [9.17, 15) is 30.0 Å². The number of rotatable bonds is 14. The van der Waals surface area contributed by atoms with E-state index in [0.717, 1.165) is 20.2 Å². The number of halogens is 3. The van der Waals surface area contributed by atoms with Crippen LogP contribution < -0.4 is 10.4 Å². The summed E-state index contributed by atoms with van der Waals surface area (Å²) in [6.07, 6.45) is 3.48. The zero-order chi connectivity index (χ0) is 37.0. The second-order valence-corrected chi connectivity index (χ2v) is 21.2. The molecule has 0 saturated carbocycles. The van der Waals surface area contributed by atoms with Gasteiger partial charge in [0.05, 0.1) is 10.9 Å². The van der Waals surface area contributed by atoms with Crippen molar-refractivity contribution in [1.29, 1.82) is 0 Å². The van der Waals surface area contributed by atoms with Crippen molar-refractivity contribution in [1.82, 2.24) is 4.31 Å². The van der Waals surface area contributed by atoms with Gasteiger partial charge in [0.2, 0.25) is 10.0 Å². The van der Waals surface area contributed by atoms with Crippen molar-refractivity contribution in [2.75, 3.05) is 6.61 Å². The number of hydrogen-bond acceptors (Lipinski definition) is 6. The Hall–Kier alpha value is -3.23. The molecular formula is C37H46F3NO6S2Si. The van der Waals surface area contributed by atoms with Gasteiger partial charge in [-0.15, -0.1) is 6.58 Å². The van der Waals surface area contributed by atoms with Crippen LogP contribution in [0.1, 0.15) is 58.9 Å². The molecule has 0 aliphatic carbocycles. The van der Waals surface area contributed by atoms with Crippen molar-refractivity contribution in [3.63, 3.8) is 0 Å². The summed E-state index contributed by atoms with van der Waals surface area (Å²) in [6.45, 7) is 13.8. The molecule has 1 heterocycles. The highest BCUT2D eigenvalue weighted by Gasteiger charge is 2.53. The predicted octanol–water partition coefficient (Wildman–Crippen LogP) is 7.45. The Labute approximate surface area is 296 Å². The molecule has 0 aromatic heterocycles. The van der Waals surface area contributed by atoms with Crippen LogP contribution in [-0.4, -0.2) is 53.7 Å². The highest BCUT2D eigenvalue weighted by Crippen LogP contribution is 2.41. The highest BCUT2D eigenvalue weighted by atomic mass is 32.2. The summed E-state index contributed by atoms with van der Waals surface area (Å²) < 4.78 is 108. The third kappa shape index (κ3) is 8.12. The first kappa shape index (κ1) is 39.6. The predicted molar refractivity (Wildman–Crippen MR) is 193 cm³/mol. The average molecular weight is 750 g/mol. The standard InChI is InChI=1S/C37H46F3NO6S2Si/c1-7-16-33-29(8-2)27-35(47-49(44,45)37(38,39)40)34(41(33)48(42,43)30-24-22-28(3)23-25-30)21-15-26-46-50(36(4,5)6,31-17-11-9-12-18-31)32-19-13-10-14-20-32/h7,9-14,17-20,22-25,27,29,33-34H,1,8,15-16,21,26H2,2-6H3/t29-,33+,34-/m0/s1. The molecule has 3 atom stereocenters. The van der Waals surface area contributed by atoms with Crippen molar-refractivity contribution in [3.05, 3.63) is 115 Å². The molecule has 4 rings (SSSR count). The smallest absolute Gasteiger partial charge is 0.407 e. The normalized spacial score (nSPS) is 19.5. The van der Waals surface area contributed by atoms with Gasteiger partial charge in [0.25, 0.3) is 8.32 Å². The zero-order valence-corrected chi connectivity index (χ0v) is 31.7. The Morgan fingerprint density at radius 2 is 1.42 bits per heavy atom. The number of aryl methyl sites for hydroxylation is 1. The molecule has 272 valence electrons. The zero-order valence-electron chi connectivity index (χ0n) is 29.1. The molecule has 0 unspecified atom stereocenters. The van der Waals surface area contributed by atoms with Crippen molar-refractivity contribution < 1.29 is 38.6 Å². The van der Waals surface area contributed by atoms with Crippen molar-refractivity contribution in [2.45, 2.75) is 87.8 Å². The Kier molecular flexibility index (Phi) is 12.3. The molecule has 1 aliphatic heterocycles. The molecule has 3 aromatic carbocycles. The van der Waals surface area contributed by atoms with Crippen LogP contribution in [0.5, 0.6) is 0 Å². The summed E-state index contributed by atoms with van der Waals surface area (Å²) in [4.78, 5) is -0.0690. The lowest BCUT2D eigenvalue weighted by atomic mass is 9.87. The van der Waals surface area contributed by atoms with E-state index < -0.39 is 57.7 Å². The Bertz CT molecular complexity index is 1810. The summed E-state index contributed by atoms with van der Waals surface area (Å²) in [5.74, 6) is -1.23. The van der Waals surface area contributed by atoms with Crippen LogP contribution in [-0.2, 0) is 28.8 Å². The van der Waals surface area contributed by atoms with Gasteiger partial charge in [0, 0.05) is 12.6 Å². The van der Waals surface area contributed by atoms with E-state index in [1.807, 2.05) is 60.7 Å². The van der Waals surface area contributed by atoms with Crippen LogP contribution in [0.2, 0.25) is 5.04 Å². The lowest BCUT2D eigenvalue weighted by Gasteiger charge is -2.44. The van der Waals surface area contributed by atoms with Crippen LogP contribution in [0.15, 0.2) is 114 Å². The number of nitrogens with zero attached hydrogens (tertiary/aromatic N) is 1. The molecule has 0 fully saturated rings. The topological polar surface area (TPSA) is 90.0 Å². The molecule has 0 N–H and O–H groups in total. The summed E-state index contributed by atoms with van der Waals surface area (Å²) in [5.41, 5.74) is -4.90. The van der Waals surface area contributed by atoms with Gasteiger partial charge >= 0.3 is 15.6 Å². The number of alkyl halides is 3. The second-order valence-electron chi connectivity index (χ2n) is 13.5. The van der Waals surface area contributed by atoms with Crippen LogP contribution in [0.25, 0.3) is 0 Å². The van der Waals surface area contributed by atoms with Gasteiger partial charge in [-0.3, -0.25) is 0 Å². The van der Waals surface area contributed by atoms with Gasteiger partial charge in [-0.05, 0) is 72.1 Å². The maximum atomic E-state index is 14.5. The van der Waals surface area contributed by atoms with Crippen molar-refractivity contribution in [3.8, 4) is 0 Å². The van der Waals surface area contributed by atoms with E-state index >= 15 is 0 Å². The summed E-state index contributed by atoms with van der Waals surface area (Å²) in [7, 11) is -13.5. The van der Waals surface area contributed by atoms with Gasteiger partial charge in [-0.1, -0.05) is 112 Å². The first-order valence-electron chi connectivity index (χ1n) is 16.6. The molecule has 3 aromatic rings. The van der Waals surface area contributed by atoms with E-state index in [2.05, 4.69) is 27.4 Å². The van der Waals surface area contributed by atoms with Gasteiger partial charge < -0.3 is 8.61 Å². The summed E-state index contributed by atoms with van der Waals surface area (Å²) in [6, 6.07) is 23.8. The van der Waals surface area contributed by atoms with Gasteiger partial charge in [0.1, 0.15) is 5.76 Å². The molecule has 0 saturated heterocycles. The van der Waals surface area contributed by atoms with E-state index in [0.29, 0.717) is 6.42 Å². The molecule has 7 nitrogen and oxygen atoms in total. The minimum atomic E-state index is -6.11. The Morgan fingerprint density at radius 1 is 0.880 bits per heavy atom. The lowest BCUT2D eigenvalue weighted by molar-refractivity contribution is -0.0531. The van der Waals surface area contributed by atoms with Crippen molar-refractivity contribution in [2.24, 2.45) is 5.92 Å². The van der Waals surface area contributed by atoms with E-state index in [-0.39, 0.29) is 35.8 Å². The fourth-order valence-electron chi connectivity index (χ4n) is 6.79. The fraction of sp³-hybridized carbons (Fsp3) is 0.405. The molecule has 0 amide bonds. The number of hydrogen-bond donors (Lipinski definition) is 0. The monoisotopic (exact) mass is 749 g/mol. The van der Waals surface area contributed by atoms with Crippen LogP contribution in [0.3, 0.4) is 0 Å². The number of benzene rings is 3.